The lowest BCUT2D eigenvalue weighted by Gasteiger charge is -2.24. The van der Waals surface area contributed by atoms with Crippen molar-refractivity contribution in [1.82, 2.24) is 4.90 Å². The number of para-hydroxylation sites is 1. The van der Waals surface area contributed by atoms with Gasteiger partial charge in [0.2, 0.25) is 11.8 Å². The number of anilines is 1. The summed E-state index contributed by atoms with van der Waals surface area (Å²) >= 11 is 0. The van der Waals surface area contributed by atoms with Gasteiger partial charge < -0.3 is 15.0 Å². The van der Waals surface area contributed by atoms with Crippen molar-refractivity contribution in [3.8, 4) is 16.9 Å². The van der Waals surface area contributed by atoms with Crippen LogP contribution in [0, 0.1) is 0 Å². The second kappa shape index (κ2) is 8.04. The van der Waals surface area contributed by atoms with Crippen molar-refractivity contribution >= 4 is 17.5 Å². The van der Waals surface area contributed by atoms with Gasteiger partial charge in [-0.1, -0.05) is 37.3 Å². The third kappa shape index (κ3) is 3.72. The number of carbonyl (C=O) groups is 2. The van der Waals surface area contributed by atoms with Gasteiger partial charge in [-0.3, -0.25) is 9.59 Å². The molecule has 136 valence electrons. The number of ether oxygens (including phenoxy) is 1. The van der Waals surface area contributed by atoms with Gasteiger partial charge in [-0.15, -0.1) is 0 Å². The Labute approximate surface area is 154 Å². The molecule has 0 radical (unpaired) electrons. The first-order valence-corrected chi connectivity index (χ1v) is 8.97. The highest BCUT2D eigenvalue weighted by Gasteiger charge is 2.33. The molecule has 0 bridgehead atoms. The van der Waals surface area contributed by atoms with Crippen LogP contribution in [0.1, 0.15) is 26.2 Å². The number of likely N-dealkylation sites (tertiary alicyclic amines) is 1. The van der Waals surface area contributed by atoms with E-state index in [9.17, 15) is 9.59 Å². The van der Waals surface area contributed by atoms with Gasteiger partial charge >= 0.3 is 0 Å². The fourth-order valence-electron chi connectivity index (χ4n) is 3.37. The van der Waals surface area contributed by atoms with Crippen molar-refractivity contribution in [3.05, 3.63) is 48.5 Å². The maximum atomic E-state index is 12.8. The molecule has 26 heavy (non-hydrogen) atoms. The quantitative estimate of drug-likeness (QED) is 0.892. The summed E-state index contributed by atoms with van der Waals surface area (Å²) in [4.78, 5) is 26.6. The van der Waals surface area contributed by atoms with Crippen molar-refractivity contribution in [3.63, 3.8) is 0 Å². The highest BCUT2D eigenvalue weighted by molar-refractivity contribution is 6.00. The van der Waals surface area contributed by atoms with Gasteiger partial charge in [0.1, 0.15) is 11.8 Å². The number of hydrogen-bond donors (Lipinski definition) is 1. The number of carbonyl (C=O) groups excluding carboxylic acids is 2. The molecule has 1 heterocycles. The minimum Gasteiger partial charge on any atom is -0.497 e. The van der Waals surface area contributed by atoms with E-state index in [1.165, 1.54) is 0 Å². The molecule has 0 saturated carbocycles. The third-order valence-electron chi connectivity index (χ3n) is 4.76. The second-order valence-electron chi connectivity index (χ2n) is 6.36. The molecular weight excluding hydrogens is 328 g/mol. The van der Waals surface area contributed by atoms with Gasteiger partial charge in [-0.2, -0.15) is 0 Å². The van der Waals surface area contributed by atoms with Crippen LogP contribution in [0.15, 0.2) is 48.5 Å². The zero-order valence-electron chi connectivity index (χ0n) is 15.2. The smallest absolute Gasteiger partial charge is 0.247 e. The minimum absolute atomic E-state index is 0.0334. The molecule has 0 aromatic heterocycles. The Morgan fingerprint density at radius 3 is 2.58 bits per heavy atom. The molecular formula is C21H24N2O3. The van der Waals surface area contributed by atoms with E-state index < -0.39 is 0 Å². The van der Waals surface area contributed by atoms with Gasteiger partial charge in [0.05, 0.1) is 7.11 Å². The molecule has 1 unspecified atom stereocenters. The van der Waals surface area contributed by atoms with Crippen LogP contribution in [0.3, 0.4) is 0 Å². The largest absolute Gasteiger partial charge is 0.497 e. The first-order chi connectivity index (χ1) is 12.6. The molecule has 1 saturated heterocycles. The van der Waals surface area contributed by atoms with Gasteiger partial charge in [-0.25, -0.2) is 0 Å². The van der Waals surface area contributed by atoms with Crippen molar-refractivity contribution in [2.24, 2.45) is 0 Å². The van der Waals surface area contributed by atoms with Crippen LogP contribution in [0.4, 0.5) is 5.69 Å². The van der Waals surface area contributed by atoms with E-state index in [1.54, 1.807) is 12.0 Å². The van der Waals surface area contributed by atoms with Crippen molar-refractivity contribution in [1.29, 1.82) is 0 Å². The predicted molar refractivity (Wildman–Crippen MR) is 102 cm³/mol. The number of benzene rings is 2. The highest BCUT2D eigenvalue weighted by Crippen LogP contribution is 2.30. The van der Waals surface area contributed by atoms with Gasteiger partial charge in [0.15, 0.2) is 0 Å². The van der Waals surface area contributed by atoms with E-state index in [2.05, 4.69) is 5.32 Å². The summed E-state index contributed by atoms with van der Waals surface area (Å²) in [6.07, 6.45) is 2.00. The molecule has 5 heteroatoms. The molecule has 1 N–H and O–H groups in total. The Kier molecular flexibility index (Phi) is 5.56. The molecule has 0 aliphatic carbocycles. The zero-order valence-corrected chi connectivity index (χ0v) is 15.2. The molecule has 1 atom stereocenters. The predicted octanol–water partition coefficient (Wildman–Crippen LogP) is 3.70. The van der Waals surface area contributed by atoms with Crippen molar-refractivity contribution in [2.75, 3.05) is 19.0 Å². The van der Waals surface area contributed by atoms with Crippen LogP contribution >= 0.6 is 0 Å². The van der Waals surface area contributed by atoms with Gasteiger partial charge in [-0.05, 0) is 36.6 Å². The molecule has 1 aliphatic heterocycles. The second-order valence-corrected chi connectivity index (χ2v) is 6.36. The van der Waals surface area contributed by atoms with Gasteiger partial charge in [0, 0.05) is 24.2 Å². The van der Waals surface area contributed by atoms with E-state index in [-0.39, 0.29) is 17.9 Å². The fourth-order valence-corrected chi connectivity index (χ4v) is 3.37. The van der Waals surface area contributed by atoms with Crippen molar-refractivity contribution < 1.29 is 14.3 Å². The molecule has 1 aliphatic rings. The zero-order chi connectivity index (χ0) is 18.5. The maximum Gasteiger partial charge on any atom is 0.247 e. The van der Waals surface area contributed by atoms with Gasteiger partial charge in [0.25, 0.3) is 0 Å². The Morgan fingerprint density at radius 2 is 1.88 bits per heavy atom. The first kappa shape index (κ1) is 18.0. The maximum absolute atomic E-state index is 12.8. The average Bonchev–Trinajstić information content (AvgIpc) is 3.18. The number of rotatable bonds is 5. The third-order valence-corrected chi connectivity index (χ3v) is 4.76. The SMILES string of the molecule is CCC(=O)N1CCCC1C(=O)Nc1ccccc1-c1ccc(OC)cc1. The number of hydrogen-bond acceptors (Lipinski definition) is 3. The topological polar surface area (TPSA) is 58.6 Å². The van der Waals surface area contributed by atoms with E-state index in [0.29, 0.717) is 19.4 Å². The number of methoxy groups -OCH3 is 1. The normalized spacial score (nSPS) is 16.4. The fraction of sp³-hybridized carbons (Fsp3) is 0.333. The van der Waals surface area contributed by atoms with E-state index in [4.69, 9.17) is 4.74 Å². The Balaban J connectivity index is 1.81. The standard InChI is InChI=1S/C21H24N2O3/c1-3-20(24)23-14-6-9-19(23)21(25)22-18-8-5-4-7-17(18)15-10-12-16(26-2)13-11-15/h4-5,7-8,10-13,19H,3,6,9,14H2,1-2H3,(H,22,25). The van der Waals surface area contributed by atoms with Crippen LogP contribution in [0.5, 0.6) is 5.75 Å². The van der Waals surface area contributed by atoms with E-state index in [1.807, 2.05) is 55.5 Å². The van der Waals surface area contributed by atoms with Crippen LogP contribution in [-0.4, -0.2) is 36.4 Å². The average molecular weight is 352 g/mol. The number of amides is 2. The summed E-state index contributed by atoms with van der Waals surface area (Å²) in [6, 6.07) is 15.0. The lowest BCUT2D eigenvalue weighted by molar-refractivity contribution is -0.136. The minimum atomic E-state index is -0.383. The lowest BCUT2D eigenvalue weighted by Crippen LogP contribution is -2.42. The molecule has 5 nitrogen and oxygen atoms in total. The van der Waals surface area contributed by atoms with Crippen LogP contribution in [-0.2, 0) is 9.59 Å². The molecule has 0 spiro atoms. The highest BCUT2D eigenvalue weighted by atomic mass is 16.5. The Bertz CT molecular complexity index is 786. The summed E-state index contributed by atoms with van der Waals surface area (Å²) in [5.74, 6) is 0.700. The molecule has 2 aromatic carbocycles. The van der Waals surface area contributed by atoms with Crippen LogP contribution in [0.25, 0.3) is 11.1 Å². The van der Waals surface area contributed by atoms with E-state index in [0.717, 1.165) is 29.0 Å². The summed E-state index contributed by atoms with van der Waals surface area (Å²) in [6.45, 7) is 2.49. The molecule has 2 aromatic rings. The number of nitrogens with zero attached hydrogens (tertiary/aromatic N) is 1. The lowest BCUT2D eigenvalue weighted by atomic mass is 10.0. The monoisotopic (exact) mass is 352 g/mol. The summed E-state index contributed by atoms with van der Waals surface area (Å²) in [7, 11) is 1.63. The summed E-state index contributed by atoms with van der Waals surface area (Å²) in [5.41, 5.74) is 2.68. The summed E-state index contributed by atoms with van der Waals surface area (Å²) in [5, 5.41) is 3.02. The molecule has 1 fully saturated rings. The van der Waals surface area contributed by atoms with Crippen LogP contribution in [0.2, 0.25) is 0 Å². The van der Waals surface area contributed by atoms with Crippen LogP contribution < -0.4 is 10.1 Å². The molecule has 3 rings (SSSR count). The summed E-state index contributed by atoms with van der Waals surface area (Å²) < 4.78 is 5.20. The number of nitrogens with one attached hydrogen (secondary N) is 1. The van der Waals surface area contributed by atoms with E-state index >= 15 is 0 Å². The van der Waals surface area contributed by atoms with Crippen molar-refractivity contribution in [2.45, 2.75) is 32.2 Å². The Morgan fingerprint density at radius 1 is 1.15 bits per heavy atom. The first-order valence-electron chi connectivity index (χ1n) is 8.97. The molecule has 2 amide bonds. The Hall–Kier alpha value is -2.82.